The summed E-state index contributed by atoms with van der Waals surface area (Å²) in [5.74, 6) is -1.90. The van der Waals surface area contributed by atoms with Gasteiger partial charge in [-0.1, -0.05) is 6.42 Å². The maximum Gasteiger partial charge on any atom is 0.311 e. The van der Waals surface area contributed by atoms with Crippen LogP contribution in [0, 0.1) is 21.4 Å². The molecule has 1 aliphatic carbocycles. The van der Waals surface area contributed by atoms with Crippen molar-refractivity contribution in [2.24, 2.45) is 11.3 Å². The molecule has 1 aromatic carbocycles. The van der Waals surface area contributed by atoms with Crippen molar-refractivity contribution < 1.29 is 24.7 Å². The van der Waals surface area contributed by atoms with E-state index in [9.17, 15) is 29.9 Å². The lowest BCUT2D eigenvalue weighted by Crippen LogP contribution is -2.37. The molecule has 122 valence electrons. The van der Waals surface area contributed by atoms with Crippen molar-refractivity contribution in [2.75, 3.05) is 13.1 Å². The van der Waals surface area contributed by atoms with Gasteiger partial charge in [-0.3, -0.25) is 19.7 Å². The van der Waals surface area contributed by atoms with E-state index in [1.807, 2.05) is 0 Å². The smallest absolute Gasteiger partial charge is 0.311 e. The molecule has 2 fully saturated rings. The summed E-state index contributed by atoms with van der Waals surface area (Å²) in [6.07, 6.45) is 2.15. The Labute approximate surface area is 131 Å². The molecule has 1 saturated heterocycles. The zero-order chi connectivity index (χ0) is 16.8. The SMILES string of the molecule is O=C(c1ccc(O)c([N+](=O)[O-])c1)N1C[C@@H]2CCC[C@@]2(C(=O)O)C1. The Morgan fingerprint density at radius 3 is 2.74 bits per heavy atom. The van der Waals surface area contributed by atoms with Crippen LogP contribution in [0.2, 0.25) is 0 Å². The predicted octanol–water partition coefficient (Wildman–Crippen LogP) is 1.63. The highest BCUT2D eigenvalue weighted by molar-refractivity contribution is 5.96. The van der Waals surface area contributed by atoms with E-state index in [1.54, 1.807) is 0 Å². The fraction of sp³-hybridized carbons (Fsp3) is 0.467. The second kappa shape index (κ2) is 5.22. The molecule has 3 rings (SSSR count). The molecule has 2 atom stereocenters. The summed E-state index contributed by atoms with van der Waals surface area (Å²) in [5.41, 5.74) is -1.35. The van der Waals surface area contributed by atoms with Crippen LogP contribution in [-0.4, -0.2) is 45.0 Å². The number of aromatic hydroxyl groups is 1. The zero-order valence-electron chi connectivity index (χ0n) is 12.3. The quantitative estimate of drug-likeness (QED) is 0.645. The van der Waals surface area contributed by atoms with Crippen LogP contribution in [0.3, 0.4) is 0 Å². The zero-order valence-corrected chi connectivity index (χ0v) is 12.3. The van der Waals surface area contributed by atoms with Gasteiger partial charge in [0.05, 0.1) is 10.3 Å². The van der Waals surface area contributed by atoms with Crippen LogP contribution >= 0.6 is 0 Å². The number of carbonyl (C=O) groups excluding carboxylic acids is 1. The standard InChI is InChI=1S/C15H16N2O6/c18-12-4-3-9(6-11(12)17(22)23)13(19)16-7-10-2-1-5-15(10,8-16)14(20)21/h3-4,6,10,18H,1-2,5,7-8H2,(H,20,21)/t10-,15+/m0/s1. The molecule has 0 spiro atoms. The van der Waals surface area contributed by atoms with E-state index in [2.05, 4.69) is 0 Å². The molecule has 1 amide bonds. The van der Waals surface area contributed by atoms with Crippen molar-refractivity contribution in [1.29, 1.82) is 0 Å². The van der Waals surface area contributed by atoms with E-state index in [4.69, 9.17) is 0 Å². The van der Waals surface area contributed by atoms with Gasteiger partial charge < -0.3 is 15.1 Å². The minimum Gasteiger partial charge on any atom is -0.502 e. The number of hydrogen-bond acceptors (Lipinski definition) is 5. The third kappa shape index (κ3) is 2.30. The van der Waals surface area contributed by atoms with Crippen molar-refractivity contribution in [2.45, 2.75) is 19.3 Å². The van der Waals surface area contributed by atoms with Gasteiger partial charge in [-0.05, 0) is 30.9 Å². The number of carboxylic acids is 1. The van der Waals surface area contributed by atoms with E-state index in [0.717, 1.165) is 25.0 Å². The van der Waals surface area contributed by atoms with Gasteiger partial charge in [0.15, 0.2) is 5.75 Å². The summed E-state index contributed by atoms with van der Waals surface area (Å²) < 4.78 is 0. The van der Waals surface area contributed by atoms with Crippen LogP contribution in [0.25, 0.3) is 0 Å². The first-order valence-electron chi connectivity index (χ1n) is 7.35. The number of phenolic OH excluding ortho intramolecular Hbond substituents is 1. The predicted molar refractivity (Wildman–Crippen MR) is 78.1 cm³/mol. The maximum absolute atomic E-state index is 12.6. The molecule has 0 radical (unpaired) electrons. The highest BCUT2D eigenvalue weighted by Gasteiger charge is 2.55. The van der Waals surface area contributed by atoms with Crippen LogP contribution < -0.4 is 0 Å². The van der Waals surface area contributed by atoms with Gasteiger partial charge in [-0.25, -0.2) is 0 Å². The Hall–Kier alpha value is -2.64. The molecule has 0 aromatic heterocycles. The third-order valence-corrected chi connectivity index (χ3v) is 5.00. The maximum atomic E-state index is 12.6. The van der Waals surface area contributed by atoms with Crippen LogP contribution in [0.5, 0.6) is 5.75 Å². The number of rotatable bonds is 3. The lowest BCUT2D eigenvalue weighted by atomic mass is 9.81. The monoisotopic (exact) mass is 320 g/mol. The first-order valence-corrected chi connectivity index (χ1v) is 7.35. The number of carbonyl (C=O) groups is 2. The number of likely N-dealkylation sites (tertiary alicyclic amines) is 1. The van der Waals surface area contributed by atoms with Crippen molar-refractivity contribution in [3.05, 3.63) is 33.9 Å². The third-order valence-electron chi connectivity index (χ3n) is 5.00. The van der Waals surface area contributed by atoms with Crippen molar-refractivity contribution in [3.8, 4) is 5.75 Å². The molecule has 2 aliphatic rings. The van der Waals surface area contributed by atoms with Crippen LogP contribution in [0.4, 0.5) is 5.69 Å². The normalized spacial score (nSPS) is 26.1. The van der Waals surface area contributed by atoms with E-state index >= 15 is 0 Å². The molecular weight excluding hydrogens is 304 g/mol. The average molecular weight is 320 g/mol. The van der Waals surface area contributed by atoms with Crippen molar-refractivity contribution in [3.63, 3.8) is 0 Å². The summed E-state index contributed by atoms with van der Waals surface area (Å²) >= 11 is 0. The van der Waals surface area contributed by atoms with Gasteiger partial charge in [-0.15, -0.1) is 0 Å². The van der Waals surface area contributed by atoms with E-state index < -0.39 is 33.7 Å². The van der Waals surface area contributed by atoms with Crippen LogP contribution in [0.15, 0.2) is 18.2 Å². The Morgan fingerprint density at radius 1 is 1.39 bits per heavy atom. The number of benzene rings is 1. The summed E-state index contributed by atoms with van der Waals surface area (Å²) in [6, 6.07) is 3.45. The van der Waals surface area contributed by atoms with Crippen molar-refractivity contribution >= 4 is 17.6 Å². The molecule has 1 aromatic rings. The van der Waals surface area contributed by atoms with Gasteiger partial charge in [0.25, 0.3) is 5.91 Å². The Balaban J connectivity index is 1.87. The molecule has 1 saturated carbocycles. The number of nitrogens with zero attached hydrogens (tertiary/aromatic N) is 2. The molecule has 0 bridgehead atoms. The van der Waals surface area contributed by atoms with Crippen LogP contribution in [0.1, 0.15) is 29.6 Å². The first kappa shape index (κ1) is 15.3. The highest BCUT2D eigenvalue weighted by atomic mass is 16.6. The lowest BCUT2D eigenvalue weighted by Gasteiger charge is -2.23. The fourth-order valence-electron chi connectivity index (χ4n) is 3.78. The number of fused-ring (bicyclic) bond motifs is 1. The number of hydrogen-bond donors (Lipinski definition) is 2. The highest BCUT2D eigenvalue weighted by Crippen LogP contribution is 2.49. The number of aliphatic carboxylic acids is 1. The number of nitro benzene ring substituents is 1. The van der Waals surface area contributed by atoms with E-state index in [1.165, 1.54) is 11.0 Å². The molecule has 8 heteroatoms. The van der Waals surface area contributed by atoms with Gasteiger partial charge in [0, 0.05) is 24.7 Å². The first-order chi connectivity index (χ1) is 10.8. The molecule has 1 aliphatic heterocycles. The Kier molecular flexibility index (Phi) is 3.46. The minimum atomic E-state index is -0.890. The van der Waals surface area contributed by atoms with Crippen LogP contribution in [-0.2, 0) is 4.79 Å². The fourth-order valence-corrected chi connectivity index (χ4v) is 3.78. The molecule has 2 N–H and O–H groups in total. The summed E-state index contributed by atoms with van der Waals surface area (Å²) in [7, 11) is 0. The Bertz CT molecular complexity index is 703. The topological polar surface area (TPSA) is 121 Å². The molecule has 23 heavy (non-hydrogen) atoms. The average Bonchev–Trinajstić information content (AvgIpc) is 3.04. The molecule has 0 unspecified atom stereocenters. The summed E-state index contributed by atoms with van der Waals surface area (Å²) in [4.78, 5) is 35.7. The van der Waals surface area contributed by atoms with Gasteiger partial charge in [0.2, 0.25) is 0 Å². The number of nitro groups is 1. The Morgan fingerprint density at radius 2 is 2.13 bits per heavy atom. The largest absolute Gasteiger partial charge is 0.502 e. The van der Waals surface area contributed by atoms with Gasteiger partial charge >= 0.3 is 11.7 Å². The molecular formula is C15H16N2O6. The number of amides is 1. The molecule has 8 nitrogen and oxygen atoms in total. The lowest BCUT2D eigenvalue weighted by molar-refractivity contribution is -0.385. The van der Waals surface area contributed by atoms with Gasteiger partial charge in [-0.2, -0.15) is 0 Å². The minimum absolute atomic E-state index is 0.0731. The van der Waals surface area contributed by atoms with E-state index in [-0.39, 0.29) is 18.0 Å². The summed E-state index contributed by atoms with van der Waals surface area (Å²) in [5, 5.41) is 29.9. The van der Waals surface area contributed by atoms with Crippen molar-refractivity contribution in [1.82, 2.24) is 4.90 Å². The second-order valence-corrected chi connectivity index (χ2v) is 6.20. The molecule has 1 heterocycles. The number of carboxylic acid groups (broad SMARTS) is 1. The number of phenols is 1. The van der Waals surface area contributed by atoms with Gasteiger partial charge in [0.1, 0.15) is 0 Å². The summed E-state index contributed by atoms with van der Waals surface area (Å²) in [6.45, 7) is 0.473. The second-order valence-electron chi connectivity index (χ2n) is 6.20. The van der Waals surface area contributed by atoms with E-state index in [0.29, 0.717) is 13.0 Å².